The van der Waals surface area contributed by atoms with Gasteiger partial charge in [-0.3, -0.25) is 0 Å². The topological polar surface area (TPSA) is 20.2 Å². The second kappa shape index (κ2) is 5.89. The van der Waals surface area contributed by atoms with Crippen LogP contribution in [0.4, 0.5) is 0 Å². The smallest absolute Gasteiger partial charge is 0.0884 e. The summed E-state index contributed by atoms with van der Waals surface area (Å²) in [6.07, 6.45) is -0.403. The first-order valence-electron chi connectivity index (χ1n) is 5.68. The highest BCUT2D eigenvalue weighted by Gasteiger charge is 2.07. The zero-order valence-electron chi connectivity index (χ0n) is 9.84. The lowest BCUT2D eigenvalue weighted by molar-refractivity contribution is 0.204. The molecule has 0 spiro atoms. The fourth-order valence-electron chi connectivity index (χ4n) is 1.67. The molecule has 1 nitrogen and oxygen atoms in total. The lowest BCUT2D eigenvalue weighted by Gasteiger charge is -2.11. The van der Waals surface area contributed by atoms with Crippen molar-refractivity contribution in [2.75, 3.05) is 5.75 Å². The van der Waals surface area contributed by atoms with Crippen LogP contribution in [-0.2, 0) is 0 Å². The third-order valence-corrected chi connectivity index (χ3v) is 3.67. The second-order valence-corrected chi connectivity index (χ2v) is 5.15. The second-order valence-electron chi connectivity index (χ2n) is 4.05. The van der Waals surface area contributed by atoms with Gasteiger partial charge in [0.2, 0.25) is 0 Å². The summed E-state index contributed by atoms with van der Waals surface area (Å²) in [5.74, 6) is 0.688. The highest BCUT2D eigenvalue weighted by atomic mass is 32.2. The quantitative estimate of drug-likeness (QED) is 0.825. The molecule has 0 aliphatic heterocycles. The van der Waals surface area contributed by atoms with Crippen molar-refractivity contribution in [3.05, 3.63) is 65.7 Å². The van der Waals surface area contributed by atoms with Crippen molar-refractivity contribution in [2.45, 2.75) is 17.9 Å². The Labute approximate surface area is 107 Å². The Morgan fingerprint density at radius 2 is 1.82 bits per heavy atom. The van der Waals surface area contributed by atoms with Gasteiger partial charge in [-0.2, -0.15) is 0 Å². The summed E-state index contributed by atoms with van der Waals surface area (Å²) in [6.45, 7) is 2.04. The van der Waals surface area contributed by atoms with Gasteiger partial charge in [0.1, 0.15) is 0 Å². The molecule has 17 heavy (non-hydrogen) atoms. The van der Waals surface area contributed by atoms with E-state index >= 15 is 0 Å². The molecular weight excluding hydrogens is 228 g/mol. The Hall–Kier alpha value is -1.25. The zero-order valence-corrected chi connectivity index (χ0v) is 10.7. The first kappa shape index (κ1) is 12.2. The molecule has 0 bridgehead atoms. The molecule has 2 rings (SSSR count). The van der Waals surface area contributed by atoms with E-state index in [0.717, 1.165) is 5.56 Å². The summed E-state index contributed by atoms with van der Waals surface area (Å²) >= 11 is 1.68. The van der Waals surface area contributed by atoms with Gasteiger partial charge in [0.05, 0.1) is 6.10 Å². The van der Waals surface area contributed by atoms with Gasteiger partial charge in [0, 0.05) is 10.6 Å². The maximum atomic E-state index is 10.1. The minimum Gasteiger partial charge on any atom is -0.388 e. The van der Waals surface area contributed by atoms with E-state index in [4.69, 9.17) is 0 Å². The average molecular weight is 244 g/mol. The van der Waals surface area contributed by atoms with Crippen LogP contribution in [0.5, 0.6) is 0 Å². The van der Waals surface area contributed by atoms with Gasteiger partial charge in [0.15, 0.2) is 0 Å². The first-order valence-corrected chi connectivity index (χ1v) is 6.67. The van der Waals surface area contributed by atoms with Gasteiger partial charge in [-0.05, 0) is 24.6 Å². The van der Waals surface area contributed by atoms with E-state index in [0.29, 0.717) is 5.75 Å². The molecule has 0 saturated carbocycles. The van der Waals surface area contributed by atoms with Gasteiger partial charge in [-0.25, -0.2) is 0 Å². The molecule has 0 amide bonds. The van der Waals surface area contributed by atoms with E-state index < -0.39 is 6.10 Å². The number of benzene rings is 2. The maximum Gasteiger partial charge on any atom is 0.0884 e. The lowest BCUT2D eigenvalue weighted by Crippen LogP contribution is -2.00. The number of aryl methyl sites for hydroxylation is 1. The van der Waals surface area contributed by atoms with Crippen LogP contribution in [0.2, 0.25) is 0 Å². The number of hydrogen-bond acceptors (Lipinski definition) is 2. The SMILES string of the molecule is Cc1cccc(C(O)CSc2ccccc2)c1. The summed E-state index contributed by atoms with van der Waals surface area (Å²) in [4.78, 5) is 1.19. The number of aliphatic hydroxyl groups is 1. The average Bonchev–Trinajstić information content (AvgIpc) is 2.37. The normalized spacial score (nSPS) is 12.4. The molecule has 0 aliphatic carbocycles. The van der Waals surface area contributed by atoms with Crippen LogP contribution < -0.4 is 0 Å². The molecule has 88 valence electrons. The Kier molecular flexibility index (Phi) is 4.24. The van der Waals surface area contributed by atoms with E-state index in [1.54, 1.807) is 11.8 Å². The van der Waals surface area contributed by atoms with Crippen molar-refractivity contribution in [3.8, 4) is 0 Å². The third-order valence-electron chi connectivity index (χ3n) is 2.58. The molecule has 2 aromatic carbocycles. The Morgan fingerprint density at radius 1 is 1.06 bits per heavy atom. The molecule has 0 saturated heterocycles. The van der Waals surface area contributed by atoms with Gasteiger partial charge >= 0.3 is 0 Å². The molecular formula is C15H16OS. The van der Waals surface area contributed by atoms with Crippen LogP contribution in [0.1, 0.15) is 17.2 Å². The number of rotatable bonds is 4. The number of hydrogen-bond donors (Lipinski definition) is 1. The van der Waals surface area contributed by atoms with Crippen LogP contribution >= 0.6 is 11.8 Å². The maximum absolute atomic E-state index is 10.1. The van der Waals surface area contributed by atoms with Gasteiger partial charge in [-0.15, -0.1) is 11.8 Å². The van der Waals surface area contributed by atoms with E-state index in [2.05, 4.69) is 12.1 Å². The van der Waals surface area contributed by atoms with Gasteiger partial charge in [0.25, 0.3) is 0 Å². The van der Waals surface area contributed by atoms with Crippen molar-refractivity contribution in [1.29, 1.82) is 0 Å². The summed E-state index contributed by atoms with van der Waals surface area (Å²) in [5.41, 5.74) is 2.18. The molecule has 2 aromatic rings. The molecule has 2 heteroatoms. The van der Waals surface area contributed by atoms with E-state index in [-0.39, 0.29) is 0 Å². The Balaban J connectivity index is 1.96. The van der Waals surface area contributed by atoms with Crippen molar-refractivity contribution < 1.29 is 5.11 Å². The summed E-state index contributed by atoms with van der Waals surface area (Å²) < 4.78 is 0. The predicted molar refractivity (Wildman–Crippen MR) is 73.3 cm³/mol. The zero-order chi connectivity index (χ0) is 12.1. The molecule has 0 aliphatic rings. The minimum atomic E-state index is -0.403. The van der Waals surface area contributed by atoms with Gasteiger partial charge < -0.3 is 5.11 Å². The predicted octanol–water partition coefficient (Wildman–Crippen LogP) is 3.82. The van der Waals surface area contributed by atoms with Crippen molar-refractivity contribution in [2.24, 2.45) is 0 Å². The monoisotopic (exact) mass is 244 g/mol. The molecule has 0 fully saturated rings. The van der Waals surface area contributed by atoms with Crippen LogP contribution in [0.3, 0.4) is 0 Å². The van der Waals surface area contributed by atoms with Crippen molar-refractivity contribution >= 4 is 11.8 Å². The van der Waals surface area contributed by atoms with Gasteiger partial charge in [-0.1, -0.05) is 48.0 Å². The first-order chi connectivity index (χ1) is 8.25. The molecule has 0 radical (unpaired) electrons. The summed E-state index contributed by atoms with van der Waals surface area (Å²) in [7, 11) is 0. The van der Waals surface area contributed by atoms with Crippen molar-refractivity contribution in [1.82, 2.24) is 0 Å². The van der Waals surface area contributed by atoms with E-state index in [9.17, 15) is 5.11 Å². The lowest BCUT2D eigenvalue weighted by atomic mass is 10.1. The van der Waals surface area contributed by atoms with Crippen LogP contribution in [-0.4, -0.2) is 10.9 Å². The third kappa shape index (κ3) is 3.62. The molecule has 1 unspecified atom stereocenters. The fraction of sp³-hybridized carbons (Fsp3) is 0.200. The Morgan fingerprint density at radius 3 is 2.53 bits per heavy atom. The molecule has 1 N–H and O–H groups in total. The number of aliphatic hydroxyl groups excluding tert-OH is 1. The molecule has 1 atom stereocenters. The summed E-state index contributed by atoms with van der Waals surface area (Å²) in [6, 6.07) is 18.2. The largest absolute Gasteiger partial charge is 0.388 e. The Bertz CT molecular complexity index is 467. The van der Waals surface area contributed by atoms with Crippen LogP contribution in [0.15, 0.2) is 59.5 Å². The summed E-state index contributed by atoms with van der Waals surface area (Å²) in [5, 5.41) is 10.1. The molecule has 0 aromatic heterocycles. The molecule has 0 heterocycles. The van der Waals surface area contributed by atoms with E-state index in [1.165, 1.54) is 10.5 Å². The van der Waals surface area contributed by atoms with Crippen LogP contribution in [0.25, 0.3) is 0 Å². The van der Waals surface area contributed by atoms with E-state index in [1.807, 2.05) is 49.4 Å². The fourth-order valence-corrected chi connectivity index (χ4v) is 2.56. The van der Waals surface area contributed by atoms with Crippen LogP contribution in [0, 0.1) is 6.92 Å². The highest BCUT2D eigenvalue weighted by molar-refractivity contribution is 7.99. The highest BCUT2D eigenvalue weighted by Crippen LogP contribution is 2.24. The minimum absolute atomic E-state index is 0.403. The number of thioether (sulfide) groups is 1. The van der Waals surface area contributed by atoms with Crippen molar-refractivity contribution in [3.63, 3.8) is 0 Å². The standard InChI is InChI=1S/C15H16OS/c1-12-6-5-7-13(10-12)15(16)11-17-14-8-3-2-4-9-14/h2-10,15-16H,11H2,1H3.